The van der Waals surface area contributed by atoms with Crippen LogP contribution in [0.5, 0.6) is 11.5 Å². The molecule has 1 aliphatic heterocycles. The van der Waals surface area contributed by atoms with E-state index >= 15 is 0 Å². The van der Waals surface area contributed by atoms with E-state index < -0.39 is 0 Å². The summed E-state index contributed by atoms with van der Waals surface area (Å²) in [6.45, 7) is 11.6. The van der Waals surface area contributed by atoms with Crippen molar-refractivity contribution in [3.8, 4) is 11.5 Å². The normalized spacial score (nSPS) is 17.8. The van der Waals surface area contributed by atoms with Gasteiger partial charge in [0.2, 0.25) is 0 Å². The third kappa shape index (κ3) is 3.26. The van der Waals surface area contributed by atoms with Gasteiger partial charge in [-0.3, -0.25) is 4.90 Å². The van der Waals surface area contributed by atoms with Crippen molar-refractivity contribution < 1.29 is 9.47 Å². The van der Waals surface area contributed by atoms with Gasteiger partial charge in [-0.2, -0.15) is 0 Å². The third-order valence-electron chi connectivity index (χ3n) is 2.97. The van der Waals surface area contributed by atoms with E-state index in [2.05, 4.69) is 25.3 Å². The summed E-state index contributed by atoms with van der Waals surface area (Å²) in [5.74, 6) is 1.69. The smallest absolute Gasteiger partial charge is 0.161 e. The summed E-state index contributed by atoms with van der Waals surface area (Å²) in [5, 5.41) is 0. The predicted octanol–water partition coefficient (Wildman–Crippen LogP) is 2.72. The first kappa shape index (κ1) is 13.0. The Hall–Kier alpha value is -1.48. The quantitative estimate of drug-likeness (QED) is 0.747. The fourth-order valence-corrected chi connectivity index (χ4v) is 2.13. The Bertz CT molecular complexity index is 417. The zero-order valence-corrected chi connectivity index (χ0v) is 11.2. The summed E-state index contributed by atoms with van der Waals surface area (Å²) in [6.07, 6.45) is 0.0965. The number of likely N-dealkylation sites (N-methyl/N-ethyl adjacent to an activating group) is 1. The van der Waals surface area contributed by atoms with E-state index in [1.165, 1.54) is 5.57 Å². The molecule has 0 fully saturated rings. The molecule has 1 heterocycles. The molecule has 3 heteroatoms. The highest BCUT2D eigenvalue weighted by Crippen LogP contribution is 2.30. The number of benzene rings is 1. The number of hydrogen-bond donors (Lipinski definition) is 0. The van der Waals surface area contributed by atoms with E-state index in [-0.39, 0.29) is 6.10 Å². The molecule has 0 aromatic heterocycles. The van der Waals surface area contributed by atoms with Gasteiger partial charge in [0.15, 0.2) is 11.5 Å². The number of nitrogens with zero attached hydrogens (tertiary/aromatic N) is 1. The van der Waals surface area contributed by atoms with Gasteiger partial charge in [0, 0.05) is 13.1 Å². The largest absolute Gasteiger partial charge is 0.486 e. The number of rotatable bonds is 5. The van der Waals surface area contributed by atoms with Gasteiger partial charge in [0.25, 0.3) is 0 Å². The zero-order chi connectivity index (χ0) is 13.0. The third-order valence-corrected chi connectivity index (χ3v) is 2.97. The number of para-hydroxylation sites is 2. The second-order valence-electron chi connectivity index (χ2n) is 4.78. The second-order valence-corrected chi connectivity index (χ2v) is 4.78. The number of fused-ring (bicyclic) bond motifs is 1. The molecule has 3 nitrogen and oxygen atoms in total. The van der Waals surface area contributed by atoms with Crippen molar-refractivity contribution in [1.82, 2.24) is 4.90 Å². The molecule has 1 atom stereocenters. The summed E-state index contributed by atoms with van der Waals surface area (Å²) in [7, 11) is 0. The zero-order valence-electron chi connectivity index (χ0n) is 11.2. The highest BCUT2D eigenvalue weighted by Gasteiger charge is 2.22. The average molecular weight is 247 g/mol. The van der Waals surface area contributed by atoms with Crippen LogP contribution >= 0.6 is 0 Å². The molecule has 1 aromatic carbocycles. The lowest BCUT2D eigenvalue weighted by Crippen LogP contribution is -2.41. The summed E-state index contributed by atoms with van der Waals surface area (Å²) < 4.78 is 11.7. The SMILES string of the molecule is C=C(C)CN(CC)CC1COc2ccccc2O1. The van der Waals surface area contributed by atoms with Crippen LogP contribution in [0, 0.1) is 0 Å². The number of ether oxygens (including phenoxy) is 2. The lowest BCUT2D eigenvalue weighted by Gasteiger charge is -2.30. The molecule has 1 unspecified atom stereocenters. The maximum absolute atomic E-state index is 5.95. The Balaban J connectivity index is 1.94. The van der Waals surface area contributed by atoms with Crippen LogP contribution < -0.4 is 9.47 Å². The second kappa shape index (κ2) is 5.91. The van der Waals surface area contributed by atoms with E-state index in [1.807, 2.05) is 24.3 Å². The minimum atomic E-state index is 0.0965. The van der Waals surface area contributed by atoms with E-state index in [1.54, 1.807) is 0 Å². The molecule has 0 saturated heterocycles. The fraction of sp³-hybridized carbons (Fsp3) is 0.467. The molecule has 1 aliphatic rings. The van der Waals surface area contributed by atoms with E-state index in [4.69, 9.17) is 9.47 Å². The Morgan fingerprint density at radius 1 is 1.39 bits per heavy atom. The monoisotopic (exact) mass is 247 g/mol. The minimum Gasteiger partial charge on any atom is -0.486 e. The van der Waals surface area contributed by atoms with E-state index in [0.29, 0.717) is 6.61 Å². The summed E-state index contributed by atoms with van der Waals surface area (Å²) in [5.41, 5.74) is 1.17. The van der Waals surface area contributed by atoms with Crippen molar-refractivity contribution in [3.05, 3.63) is 36.4 Å². The molecule has 0 spiro atoms. The molecule has 0 bridgehead atoms. The van der Waals surface area contributed by atoms with Crippen LogP contribution in [0.25, 0.3) is 0 Å². The van der Waals surface area contributed by atoms with Gasteiger partial charge < -0.3 is 9.47 Å². The van der Waals surface area contributed by atoms with Crippen molar-refractivity contribution in [2.45, 2.75) is 20.0 Å². The molecule has 2 rings (SSSR count). The first-order valence-electron chi connectivity index (χ1n) is 6.44. The molecule has 1 aromatic rings. The lowest BCUT2D eigenvalue weighted by atomic mass is 10.2. The van der Waals surface area contributed by atoms with Crippen LogP contribution in [0.1, 0.15) is 13.8 Å². The van der Waals surface area contributed by atoms with Crippen molar-refractivity contribution >= 4 is 0 Å². The molecular formula is C15H21NO2. The molecule has 0 aliphatic carbocycles. The summed E-state index contributed by atoms with van der Waals surface area (Å²) in [6, 6.07) is 7.82. The number of hydrogen-bond acceptors (Lipinski definition) is 3. The lowest BCUT2D eigenvalue weighted by molar-refractivity contribution is 0.0625. The maximum Gasteiger partial charge on any atom is 0.161 e. The molecule has 0 saturated carbocycles. The van der Waals surface area contributed by atoms with Crippen LogP contribution in [-0.4, -0.2) is 37.2 Å². The Kier molecular flexibility index (Phi) is 4.26. The Labute approximate surface area is 109 Å². The topological polar surface area (TPSA) is 21.7 Å². The molecule has 98 valence electrons. The van der Waals surface area contributed by atoms with Crippen molar-refractivity contribution in [3.63, 3.8) is 0 Å². The Morgan fingerprint density at radius 2 is 2.11 bits per heavy atom. The maximum atomic E-state index is 5.95. The van der Waals surface area contributed by atoms with E-state index in [9.17, 15) is 0 Å². The average Bonchev–Trinajstić information content (AvgIpc) is 2.37. The van der Waals surface area contributed by atoms with Gasteiger partial charge in [-0.15, -0.1) is 0 Å². The van der Waals surface area contributed by atoms with Crippen molar-refractivity contribution in [2.75, 3.05) is 26.2 Å². The molecule has 0 N–H and O–H groups in total. The van der Waals surface area contributed by atoms with Gasteiger partial charge >= 0.3 is 0 Å². The summed E-state index contributed by atoms with van der Waals surface area (Å²) >= 11 is 0. The van der Waals surface area contributed by atoms with Crippen LogP contribution in [-0.2, 0) is 0 Å². The highest BCUT2D eigenvalue weighted by molar-refractivity contribution is 5.40. The van der Waals surface area contributed by atoms with Gasteiger partial charge in [-0.1, -0.05) is 31.2 Å². The molecular weight excluding hydrogens is 226 g/mol. The van der Waals surface area contributed by atoms with Crippen LogP contribution in [0.3, 0.4) is 0 Å². The first-order valence-corrected chi connectivity index (χ1v) is 6.44. The van der Waals surface area contributed by atoms with Gasteiger partial charge in [-0.25, -0.2) is 0 Å². The minimum absolute atomic E-state index is 0.0965. The molecule has 0 amide bonds. The molecule has 18 heavy (non-hydrogen) atoms. The van der Waals surface area contributed by atoms with Gasteiger partial charge in [-0.05, 0) is 25.6 Å². The van der Waals surface area contributed by atoms with Crippen molar-refractivity contribution in [2.24, 2.45) is 0 Å². The van der Waals surface area contributed by atoms with Crippen molar-refractivity contribution in [1.29, 1.82) is 0 Å². The fourth-order valence-electron chi connectivity index (χ4n) is 2.13. The van der Waals surface area contributed by atoms with E-state index in [0.717, 1.165) is 31.1 Å². The van der Waals surface area contributed by atoms with Gasteiger partial charge in [0.05, 0.1) is 0 Å². The van der Waals surface area contributed by atoms with Crippen LogP contribution in [0.2, 0.25) is 0 Å². The highest BCUT2D eigenvalue weighted by atomic mass is 16.6. The first-order chi connectivity index (χ1) is 8.69. The standard InChI is InChI=1S/C15H21NO2/c1-4-16(9-12(2)3)10-13-11-17-14-7-5-6-8-15(14)18-13/h5-8,13H,2,4,9-11H2,1,3H3. The van der Waals surface area contributed by atoms with Gasteiger partial charge in [0.1, 0.15) is 12.7 Å². The van der Waals surface area contributed by atoms with Crippen LogP contribution in [0.4, 0.5) is 0 Å². The molecule has 0 radical (unpaired) electrons. The Morgan fingerprint density at radius 3 is 2.78 bits per heavy atom. The predicted molar refractivity (Wildman–Crippen MR) is 73.3 cm³/mol. The van der Waals surface area contributed by atoms with Crippen LogP contribution in [0.15, 0.2) is 36.4 Å². The summed E-state index contributed by atoms with van der Waals surface area (Å²) in [4.78, 5) is 2.32.